The Morgan fingerprint density at radius 2 is 2.29 bits per heavy atom. The van der Waals surface area contributed by atoms with Gasteiger partial charge in [-0.05, 0) is 25.0 Å². The Balaban J connectivity index is 2.06. The fourth-order valence-electron chi connectivity index (χ4n) is 1.83. The minimum Gasteiger partial charge on any atom is -0.326 e. The van der Waals surface area contributed by atoms with Crippen LogP contribution in [0, 0.1) is 0 Å². The topological polar surface area (TPSA) is 51.8 Å². The fourth-order valence-corrected chi connectivity index (χ4v) is 3.13. The molecule has 3 nitrogen and oxygen atoms in total. The summed E-state index contributed by atoms with van der Waals surface area (Å²) < 4.78 is 0. The summed E-state index contributed by atoms with van der Waals surface area (Å²) in [6, 6.07) is 3.66. The van der Waals surface area contributed by atoms with E-state index in [0.29, 0.717) is 17.5 Å². The molecular formula is C12H12ClN3S. The highest BCUT2D eigenvalue weighted by Gasteiger charge is 2.29. The Labute approximate surface area is 109 Å². The van der Waals surface area contributed by atoms with Crippen LogP contribution in [0.15, 0.2) is 18.3 Å². The molecule has 1 aliphatic rings. The van der Waals surface area contributed by atoms with E-state index in [-0.39, 0.29) is 0 Å². The average molecular weight is 266 g/mol. The van der Waals surface area contributed by atoms with Crippen LogP contribution in [0.4, 0.5) is 0 Å². The van der Waals surface area contributed by atoms with Crippen LogP contribution in [-0.4, -0.2) is 9.97 Å². The molecule has 0 atom stereocenters. The predicted molar refractivity (Wildman–Crippen MR) is 70.2 cm³/mol. The minimum atomic E-state index is 0.550. The van der Waals surface area contributed by atoms with E-state index in [0.717, 1.165) is 16.4 Å². The lowest BCUT2D eigenvalue weighted by molar-refractivity contribution is 0.978. The normalized spacial score (nSPS) is 15.2. The van der Waals surface area contributed by atoms with Crippen LogP contribution in [0.3, 0.4) is 0 Å². The lowest BCUT2D eigenvalue weighted by Gasteiger charge is -1.96. The Bertz CT molecular complexity index is 548. The zero-order valence-corrected chi connectivity index (χ0v) is 10.8. The Morgan fingerprint density at radius 3 is 2.94 bits per heavy atom. The van der Waals surface area contributed by atoms with Crippen molar-refractivity contribution >= 4 is 22.9 Å². The highest BCUT2D eigenvalue weighted by molar-refractivity contribution is 7.15. The van der Waals surface area contributed by atoms with Crippen molar-refractivity contribution in [3.8, 4) is 10.7 Å². The van der Waals surface area contributed by atoms with Crippen LogP contribution >= 0.6 is 22.9 Å². The van der Waals surface area contributed by atoms with E-state index in [1.54, 1.807) is 17.5 Å². The van der Waals surface area contributed by atoms with Gasteiger partial charge in [0.05, 0.1) is 10.7 Å². The summed E-state index contributed by atoms with van der Waals surface area (Å²) in [5, 5.41) is 1.53. The van der Waals surface area contributed by atoms with Gasteiger partial charge in [0.2, 0.25) is 0 Å². The number of nitrogens with zero attached hydrogens (tertiary/aromatic N) is 2. The van der Waals surface area contributed by atoms with Crippen LogP contribution in [0.2, 0.25) is 5.02 Å². The van der Waals surface area contributed by atoms with Gasteiger partial charge < -0.3 is 5.73 Å². The summed E-state index contributed by atoms with van der Waals surface area (Å²) in [6.07, 6.45) is 4.19. The van der Waals surface area contributed by atoms with E-state index >= 15 is 0 Å². The van der Waals surface area contributed by atoms with Gasteiger partial charge in [0.1, 0.15) is 10.7 Å². The summed E-state index contributed by atoms with van der Waals surface area (Å²) in [4.78, 5) is 10.1. The van der Waals surface area contributed by atoms with E-state index in [1.807, 2.05) is 12.1 Å². The van der Waals surface area contributed by atoms with Crippen molar-refractivity contribution in [1.82, 2.24) is 9.97 Å². The standard InChI is InChI=1S/C12H12ClN3S/c13-8-2-1-5-15-11(8)12-16-10(7-3-4-7)9(6-14)17-12/h1-2,5,7H,3-4,6,14H2. The number of pyridine rings is 1. The summed E-state index contributed by atoms with van der Waals surface area (Å²) in [6.45, 7) is 0.550. The second-order valence-electron chi connectivity index (χ2n) is 4.14. The molecule has 0 bridgehead atoms. The van der Waals surface area contributed by atoms with E-state index < -0.39 is 0 Å². The molecule has 2 aromatic rings. The van der Waals surface area contributed by atoms with E-state index in [9.17, 15) is 0 Å². The van der Waals surface area contributed by atoms with Gasteiger partial charge in [-0.2, -0.15) is 0 Å². The first-order valence-electron chi connectivity index (χ1n) is 5.60. The second-order valence-corrected chi connectivity index (χ2v) is 5.63. The quantitative estimate of drug-likeness (QED) is 0.927. The van der Waals surface area contributed by atoms with Crippen LogP contribution in [0.1, 0.15) is 29.3 Å². The summed E-state index contributed by atoms with van der Waals surface area (Å²) in [5.74, 6) is 0.612. The molecule has 0 unspecified atom stereocenters. The zero-order chi connectivity index (χ0) is 11.8. The summed E-state index contributed by atoms with van der Waals surface area (Å²) in [7, 11) is 0. The van der Waals surface area contributed by atoms with Crippen molar-refractivity contribution in [2.45, 2.75) is 25.3 Å². The fraction of sp³-hybridized carbons (Fsp3) is 0.333. The Morgan fingerprint density at radius 1 is 1.47 bits per heavy atom. The molecular weight excluding hydrogens is 254 g/mol. The zero-order valence-electron chi connectivity index (χ0n) is 9.19. The number of rotatable bonds is 3. The molecule has 0 spiro atoms. The Kier molecular flexibility index (Phi) is 2.86. The van der Waals surface area contributed by atoms with Crippen molar-refractivity contribution in [3.63, 3.8) is 0 Å². The first-order valence-corrected chi connectivity index (χ1v) is 6.79. The molecule has 0 amide bonds. The van der Waals surface area contributed by atoms with Crippen molar-refractivity contribution in [2.75, 3.05) is 0 Å². The van der Waals surface area contributed by atoms with Gasteiger partial charge in [0, 0.05) is 23.5 Å². The highest BCUT2D eigenvalue weighted by Crippen LogP contribution is 2.44. The molecule has 0 radical (unpaired) electrons. The van der Waals surface area contributed by atoms with Crippen molar-refractivity contribution in [3.05, 3.63) is 33.9 Å². The van der Waals surface area contributed by atoms with Gasteiger partial charge in [-0.1, -0.05) is 11.6 Å². The van der Waals surface area contributed by atoms with Crippen LogP contribution in [0.5, 0.6) is 0 Å². The first kappa shape index (κ1) is 11.1. The number of halogens is 1. The lowest BCUT2D eigenvalue weighted by Crippen LogP contribution is -1.96. The monoisotopic (exact) mass is 265 g/mol. The average Bonchev–Trinajstić information content (AvgIpc) is 3.10. The lowest BCUT2D eigenvalue weighted by atomic mass is 10.2. The van der Waals surface area contributed by atoms with Gasteiger partial charge in [-0.25, -0.2) is 4.98 Å². The van der Waals surface area contributed by atoms with Crippen molar-refractivity contribution < 1.29 is 0 Å². The molecule has 5 heteroatoms. The highest BCUT2D eigenvalue weighted by atomic mass is 35.5. The molecule has 0 aliphatic heterocycles. The molecule has 0 saturated heterocycles. The number of hydrogen-bond donors (Lipinski definition) is 1. The van der Waals surface area contributed by atoms with Crippen molar-refractivity contribution in [2.24, 2.45) is 5.73 Å². The molecule has 1 aliphatic carbocycles. The maximum atomic E-state index is 6.13. The third-order valence-corrected chi connectivity index (χ3v) is 4.24. The van der Waals surface area contributed by atoms with Gasteiger partial charge in [0.15, 0.2) is 0 Å². The van der Waals surface area contributed by atoms with Crippen molar-refractivity contribution in [1.29, 1.82) is 0 Å². The summed E-state index contributed by atoms with van der Waals surface area (Å²) in [5.41, 5.74) is 7.69. The molecule has 2 heterocycles. The number of aromatic nitrogens is 2. The molecule has 88 valence electrons. The molecule has 1 fully saturated rings. The van der Waals surface area contributed by atoms with Crippen LogP contribution in [-0.2, 0) is 6.54 Å². The molecule has 0 aromatic carbocycles. The Hall–Kier alpha value is -0.970. The van der Waals surface area contributed by atoms with Crippen LogP contribution < -0.4 is 5.73 Å². The molecule has 2 aromatic heterocycles. The van der Waals surface area contributed by atoms with Gasteiger partial charge >= 0.3 is 0 Å². The van der Waals surface area contributed by atoms with Gasteiger partial charge in [0.25, 0.3) is 0 Å². The van der Waals surface area contributed by atoms with Crippen LogP contribution in [0.25, 0.3) is 10.7 Å². The maximum absolute atomic E-state index is 6.13. The maximum Gasteiger partial charge on any atom is 0.143 e. The third kappa shape index (κ3) is 2.08. The number of nitrogens with two attached hydrogens (primary N) is 1. The number of thiazole rings is 1. The SMILES string of the molecule is NCc1sc(-c2ncccc2Cl)nc1C1CC1. The smallest absolute Gasteiger partial charge is 0.143 e. The largest absolute Gasteiger partial charge is 0.326 e. The number of hydrogen-bond acceptors (Lipinski definition) is 4. The summed E-state index contributed by atoms with van der Waals surface area (Å²) >= 11 is 7.74. The van der Waals surface area contributed by atoms with Gasteiger partial charge in [-0.15, -0.1) is 11.3 Å². The molecule has 3 rings (SSSR count). The second kappa shape index (κ2) is 4.37. The van der Waals surface area contributed by atoms with Gasteiger partial charge in [-0.3, -0.25) is 4.98 Å². The third-order valence-electron chi connectivity index (χ3n) is 2.84. The molecule has 1 saturated carbocycles. The first-order chi connectivity index (χ1) is 8.29. The predicted octanol–water partition coefficient (Wildman–Crippen LogP) is 3.19. The molecule has 2 N–H and O–H groups in total. The van der Waals surface area contributed by atoms with E-state index in [2.05, 4.69) is 9.97 Å². The molecule has 17 heavy (non-hydrogen) atoms. The van der Waals surface area contributed by atoms with E-state index in [4.69, 9.17) is 17.3 Å². The van der Waals surface area contributed by atoms with E-state index in [1.165, 1.54) is 17.7 Å². The minimum absolute atomic E-state index is 0.550.